The molecule has 2 aromatic carbocycles. The number of aliphatic hydroxyl groups is 1. The SMILES string of the molecule is Cc1ccc(NC(=O)NC[C@H](O)c2ccccc2F)cc1. The van der Waals surface area contributed by atoms with Crippen LogP contribution in [0.3, 0.4) is 0 Å². The molecule has 0 aliphatic rings. The summed E-state index contributed by atoms with van der Waals surface area (Å²) in [6, 6.07) is 12.8. The standard InChI is InChI=1S/C16H17FN2O2/c1-11-6-8-12(9-7-11)19-16(21)18-10-15(20)13-4-2-3-5-14(13)17/h2-9,15,20H,10H2,1H3,(H2,18,19,21)/t15-/m0/s1. The summed E-state index contributed by atoms with van der Waals surface area (Å²) >= 11 is 0. The Labute approximate surface area is 122 Å². The van der Waals surface area contributed by atoms with Crippen molar-refractivity contribution in [2.45, 2.75) is 13.0 Å². The highest BCUT2D eigenvalue weighted by molar-refractivity contribution is 5.89. The molecule has 3 N–H and O–H groups in total. The quantitative estimate of drug-likeness (QED) is 0.810. The number of rotatable bonds is 4. The van der Waals surface area contributed by atoms with Crippen molar-refractivity contribution in [3.63, 3.8) is 0 Å². The zero-order chi connectivity index (χ0) is 15.2. The summed E-state index contributed by atoms with van der Waals surface area (Å²) < 4.78 is 13.5. The van der Waals surface area contributed by atoms with Gasteiger partial charge in [0, 0.05) is 17.8 Å². The molecule has 2 rings (SSSR count). The second-order valence-electron chi connectivity index (χ2n) is 4.74. The Balaban J connectivity index is 1.86. The van der Waals surface area contributed by atoms with Gasteiger partial charge in [-0.1, -0.05) is 35.9 Å². The number of halogens is 1. The highest BCUT2D eigenvalue weighted by Gasteiger charge is 2.13. The average molecular weight is 288 g/mol. The van der Waals surface area contributed by atoms with Crippen LogP contribution in [-0.2, 0) is 0 Å². The molecule has 0 fully saturated rings. The summed E-state index contributed by atoms with van der Waals surface area (Å²) in [6.45, 7) is 1.88. The van der Waals surface area contributed by atoms with E-state index in [2.05, 4.69) is 10.6 Å². The third-order valence-corrected chi connectivity index (χ3v) is 3.03. The van der Waals surface area contributed by atoms with Gasteiger partial charge in [-0.05, 0) is 25.1 Å². The molecule has 0 unspecified atom stereocenters. The van der Waals surface area contributed by atoms with E-state index in [0.29, 0.717) is 5.69 Å². The number of nitrogens with one attached hydrogen (secondary N) is 2. The maximum absolute atomic E-state index is 13.5. The lowest BCUT2D eigenvalue weighted by atomic mass is 10.1. The Bertz CT molecular complexity index is 614. The number of carbonyl (C=O) groups excluding carboxylic acids is 1. The van der Waals surface area contributed by atoms with Gasteiger partial charge in [0.25, 0.3) is 0 Å². The van der Waals surface area contributed by atoms with Crippen molar-refractivity contribution in [3.8, 4) is 0 Å². The lowest BCUT2D eigenvalue weighted by Crippen LogP contribution is -2.32. The van der Waals surface area contributed by atoms with Gasteiger partial charge in [-0.25, -0.2) is 9.18 Å². The predicted octanol–water partition coefficient (Wildman–Crippen LogP) is 2.99. The molecule has 0 saturated carbocycles. The first-order chi connectivity index (χ1) is 10.1. The number of benzene rings is 2. The molecule has 110 valence electrons. The maximum Gasteiger partial charge on any atom is 0.319 e. The molecule has 0 saturated heterocycles. The van der Waals surface area contributed by atoms with E-state index in [4.69, 9.17) is 0 Å². The summed E-state index contributed by atoms with van der Waals surface area (Å²) in [5, 5.41) is 15.0. The fourth-order valence-electron chi connectivity index (χ4n) is 1.86. The second kappa shape index (κ2) is 6.85. The minimum absolute atomic E-state index is 0.0708. The topological polar surface area (TPSA) is 61.4 Å². The molecule has 0 radical (unpaired) electrons. The predicted molar refractivity (Wildman–Crippen MR) is 79.6 cm³/mol. The molecule has 5 heteroatoms. The summed E-state index contributed by atoms with van der Waals surface area (Å²) in [5.41, 5.74) is 1.91. The van der Waals surface area contributed by atoms with Crippen LogP contribution in [0.5, 0.6) is 0 Å². The Hall–Kier alpha value is -2.40. The lowest BCUT2D eigenvalue weighted by molar-refractivity contribution is 0.170. The number of amides is 2. The van der Waals surface area contributed by atoms with Gasteiger partial charge in [-0.3, -0.25) is 0 Å². The third kappa shape index (κ3) is 4.29. The van der Waals surface area contributed by atoms with Crippen molar-refractivity contribution in [1.82, 2.24) is 5.32 Å². The van der Waals surface area contributed by atoms with Gasteiger partial charge in [-0.2, -0.15) is 0 Å². The number of urea groups is 1. The summed E-state index contributed by atoms with van der Waals surface area (Å²) in [7, 11) is 0. The summed E-state index contributed by atoms with van der Waals surface area (Å²) in [4.78, 5) is 11.7. The Morgan fingerprint density at radius 1 is 1.19 bits per heavy atom. The molecular weight excluding hydrogens is 271 g/mol. The van der Waals surface area contributed by atoms with E-state index in [9.17, 15) is 14.3 Å². The number of aliphatic hydroxyl groups excluding tert-OH is 1. The highest BCUT2D eigenvalue weighted by Crippen LogP contribution is 2.15. The van der Waals surface area contributed by atoms with Crippen LogP contribution in [0.25, 0.3) is 0 Å². The van der Waals surface area contributed by atoms with Crippen LogP contribution in [0.2, 0.25) is 0 Å². The Kier molecular flexibility index (Phi) is 4.90. The first kappa shape index (κ1) is 15.0. The number of carbonyl (C=O) groups is 1. The van der Waals surface area contributed by atoms with Crippen LogP contribution in [-0.4, -0.2) is 17.7 Å². The first-order valence-electron chi connectivity index (χ1n) is 6.60. The molecule has 0 heterocycles. The fraction of sp³-hybridized carbons (Fsp3) is 0.188. The van der Waals surface area contributed by atoms with Crippen molar-refractivity contribution in [3.05, 3.63) is 65.5 Å². The molecule has 0 spiro atoms. The normalized spacial score (nSPS) is 11.8. The van der Waals surface area contributed by atoms with Crippen LogP contribution in [0.15, 0.2) is 48.5 Å². The molecule has 0 aromatic heterocycles. The minimum atomic E-state index is -1.09. The third-order valence-electron chi connectivity index (χ3n) is 3.03. The largest absolute Gasteiger partial charge is 0.386 e. The summed E-state index contributed by atoms with van der Waals surface area (Å²) in [5.74, 6) is -0.495. The van der Waals surface area contributed by atoms with Crippen LogP contribution < -0.4 is 10.6 Å². The van der Waals surface area contributed by atoms with Gasteiger partial charge in [0.1, 0.15) is 5.82 Å². The smallest absolute Gasteiger partial charge is 0.319 e. The Morgan fingerprint density at radius 2 is 1.86 bits per heavy atom. The van der Waals surface area contributed by atoms with Crippen LogP contribution in [0.4, 0.5) is 14.9 Å². The molecule has 1 atom stereocenters. The lowest BCUT2D eigenvalue weighted by Gasteiger charge is -2.13. The van der Waals surface area contributed by atoms with Gasteiger partial charge >= 0.3 is 6.03 Å². The summed E-state index contributed by atoms with van der Waals surface area (Å²) in [6.07, 6.45) is -1.09. The number of hydrogen-bond donors (Lipinski definition) is 3. The van der Waals surface area contributed by atoms with Crippen molar-refractivity contribution >= 4 is 11.7 Å². The molecule has 0 bridgehead atoms. The molecule has 0 aliphatic heterocycles. The number of hydrogen-bond acceptors (Lipinski definition) is 2. The van der Waals surface area contributed by atoms with Gasteiger partial charge in [0.2, 0.25) is 0 Å². The second-order valence-corrected chi connectivity index (χ2v) is 4.74. The van der Waals surface area contributed by atoms with Crippen molar-refractivity contribution in [2.75, 3.05) is 11.9 Å². The van der Waals surface area contributed by atoms with Crippen LogP contribution in [0.1, 0.15) is 17.2 Å². The van der Waals surface area contributed by atoms with E-state index in [0.717, 1.165) is 5.56 Å². The van der Waals surface area contributed by atoms with Gasteiger partial charge < -0.3 is 15.7 Å². The van der Waals surface area contributed by atoms with Gasteiger partial charge in [-0.15, -0.1) is 0 Å². The van der Waals surface area contributed by atoms with E-state index in [1.54, 1.807) is 24.3 Å². The van der Waals surface area contributed by atoms with Crippen molar-refractivity contribution in [1.29, 1.82) is 0 Å². The average Bonchev–Trinajstić information content (AvgIpc) is 2.48. The van der Waals surface area contributed by atoms with Crippen molar-refractivity contribution < 1.29 is 14.3 Å². The van der Waals surface area contributed by atoms with E-state index in [1.165, 1.54) is 12.1 Å². The molecule has 2 amide bonds. The fourth-order valence-corrected chi connectivity index (χ4v) is 1.86. The van der Waals surface area contributed by atoms with Crippen molar-refractivity contribution in [2.24, 2.45) is 0 Å². The van der Waals surface area contributed by atoms with Gasteiger partial charge in [0.15, 0.2) is 0 Å². The highest BCUT2D eigenvalue weighted by atomic mass is 19.1. The van der Waals surface area contributed by atoms with E-state index in [1.807, 2.05) is 19.1 Å². The molecule has 4 nitrogen and oxygen atoms in total. The zero-order valence-corrected chi connectivity index (χ0v) is 11.6. The van der Waals surface area contributed by atoms with Crippen LogP contribution >= 0.6 is 0 Å². The Morgan fingerprint density at radius 3 is 2.52 bits per heavy atom. The number of anilines is 1. The monoisotopic (exact) mass is 288 g/mol. The minimum Gasteiger partial charge on any atom is -0.386 e. The van der Waals surface area contributed by atoms with Crippen LogP contribution in [0, 0.1) is 12.7 Å². The van der Waals surface area contributed by atoms with E-state index < -0.39 is 18.0 Å². The maximum atomic E-state index is 13.5. The van der Waals surface area contributed by atoms with E-state index >= 15 is 0 Å². The van der Waals surface area contributed by atoms with Gasteiger partial charge in [0.05, 0.1) is 6.10 Å². The number of aryl methyl sites for hydroxylation is 1. The molecule has 2 aromatic rings. The molecule has 21 heavy (non-hydrogen) atoms. The molecule has 0 aliphatic carbocycles. The van der Waals surface area contributed by atoms with E-state index in [-0.39, 0.29) is 12.1 Å². The zero-order valence-electron chi connectivity index (χ0n) is 11.6. The first-order valence-corrected chi connectivity index (χ1v) is 6.60. The molecular formula is C16H17FN2O2.